The molecule has 0 saturated carbocycles. The van der Waals surface area contributed by atoms with E-state index in [1.165, 1.54) is 44.9 Å². The maximum absolute atomic E-state index is 15.0. The highest BCUT2D eigenvalue weighted by Crippen LogP contribution is 2.41. The first-order valence-electron chi connectivity index (χ1n) is 19.9. The molecule has 2 amide bonds. The molecule has 1 atom stereocenters. The summed E-state index contributed by atoms with van der Waals surface area (Å²) < 4.78 is 1.96. The summed E-state index contributed by atoms with van der Waals surface area (Å²) in [4.78, 5) is 66.8. The smallest absolute Gasteiger partial charge is 0.335 e. The first kappa shape index (κ1) is 44.6. The Morgan fingerprint density at radius 3 is 1.88 bits per heavy atom. The first-order chi connectivity index (χ1) is 27.1. The minimum Gasteiger partial charge on any atom is -0.478 e. The summed E-state index contributed by atoms with van der Waals surface area (Å²) in [7, 11) is 1.88. The Balaban J connectivity index is 1.63. The van der Waals surface area contributed by atoms with Gasteiger partial charge in [0.1, 0.15) is 0 Å². The van der Waals surface area contributed by atoms with E-state index >= 15 is 4.79 Å². The second kappa shape index (κ2) is 20.8. The van der Waals surface area contributed by atoms with E-state index in [1.54, 1.807) is 24.3 Å². The number of hydrogen-bond donors (Lipinski definition) is 4. The molecule has 304 valence electrons. The van der Waals surface area contributed by atoms with Crippen molar-refractivity contribution in [1.82, 2.24) is 9.88 Å². The van der Waals surface area contributed by atoms with Gasteiger partial charge in [0, 0.05) is 41.0 Å². The third kappa shape index (κ3) is 12.2. The highest BCUT2D eigenvalue weighted by Gasteiger charge is 2.38. The molecule has 4 N–H and O–H groups in total. The SMILES string of the molecule is CCCCCCCCCCCCNC(=O)c1cccc(SC(C(=O)Nc2cc(C(=O)O)cc(C(=O)O)c2)C(=O)c2c(C(C)(C)C)c(-c3ccccc3)n(C)c2C)c1. The van der Waals surface area contributed by atoms with Gasteiger partial charge in [-0.15, -0.1) is 11.8 Å². The minimum absolute atomic E-state index is 0.0818. The molecule has 10 nitrogen and oxygen atoms in total. The molecule has 0 aliphatic carbocycles. The molecule has 0 saturated heterocycles. The maximum atomic E-state index is 15.0. The molecule has 0 fully saturated rings. The molecule has 0 bridgehead atoms. The summed E-state index contributed by atoms with van der Waals surface area (Å²) in [5.74, 6) is -4.26. The van der Waals surface area contributed by atoms with Gasteiger partial charge in [-0.3, -0.25) is 14.4 Å². The van der Waals surface area contributed by atoms with E-state index in [9.17, 15) is 29.4 Å². The van der Waals surface area contributed by atoms with Gasteiger partial charge in [-0.2, -0.15) is 0 Å². The minimum atomic E-state index is -1.41. The lowest BCUT2D eigenvalue weighted by molar-refractivity contribution is -0.115. The van der Waals surface area contributed by atoms with Crippen LogP contribution in [0.4, 0.5) is 5.69 Å². The Hall–Kier alpha value is -5.16. The van der Waals surface area contributed by atoms with E-state index in [1.807, 2.05) is 69.6 Å². The van der Waals surface area contributed by atoms with E-state index in [2.05, 4.69) is 17.6 Å². The van der Waals surface area contributed by atoms with Crippen molar-refractivity contribution in [3.05, 3.63) is 106 Å². The number of amides is 2. The highest BCUT2D eigenvalue weighted by atomic mass is 32.2. The van der Waals surface area contributed by atoms with Crippen LogP contribution in [0, 0.1) is 6.92 Å². The van der Waals surface area contributed by atoms with Crippen molar-refractivity contribution < 1.29 is 34.2 Å². The van der Waals surface area contributed by atoms with E-state index in [-0.39, 0.29) is 22.7 Å². The zero-order chi connectivity index (χ0) is 41.7. The molecule has 1 heterocycles. The van der Waals surface area contributed by atoms with Gasteiger partial charge in [0.2, 0.25) is 5.91 Å². The Morgan fingerprint density at radius 1 is 0.737 bits per heavy atom. The van der Waals surface area contributed by atoms with Crippen LogP contribution in [0.2, 0.25) is 0 Å². The Morgan fingerprint density at radius 2 is 1.32 bits per heavy atom. The van der Waals surface area contributed by atoms with Crippen LogP contribution in [0.15, 0.2) is 77.7 Å². The van der Waals surface area contributed by atoms with Crippen molar-refractivity contribution in [2.75, 3.05) is 11.9 Å². The lowest BCUT2D eigenvalue weighted by Crippen LogP contribution is -2.34. The molecular weight excluding hydrogens is 739 g/mol. The number of Topliss-reactive ketones (excluding diaryl/α,β-unsaturated/α-hetero) is 1. The maximum Gasteiger partial charge on any atom is 0.335 e. The summed E-state index contributed by atoms with van der Waals surface area (Å²) >= 11 is 0.973. The fraction of sp³-hybridized carbons (Fsp3) is 0.413. The van der Waals surface area contributed by atoms with Crippen molar-refractivity contribution in [2.45, 2.75) is 114 Å². The van der Waals surface area contributed by atoms with E-state index in [4.69, 9.17) is 0 Å². The number of unbranched alkanes of at least 4 members (excludes halogenated alkanes) is 9. The summed E-state index contributed by atoms with van der Waals surface area (Å²) in [5, 5.41) is 23.6. The fourth-order valence-corrected chi connectivity index (χ4v) is 8.06. The molecule has 3 aromatic carbocycles. The second-order valence-electron chi connectivity index (χ2n) is 15.6. The average molecular weight is 796 g/mol. The van der Waals surface area contributed by atoms with Crippen molar-refractivity contribution in [3.63, 3.8) is 0 Å². The molecule has 1 aromatic heterocycles. The van der Waals surface area contributed by atoms with Gasteiger partial charge in [-0.1, -0.05) is 122 Å². The lowest BCUT2D eigenvalue weighted by Gasteiger charge is -2.24. The third-order valence-electron chi connectivity index (χ3n) is 10.1. The monoisotopic (exact) mass is 795 g/mol. The largest absolute Gasteiger partial charge is 0.478 e. The number of aromatic carboxylic acids is 2. The van der Waals surface area contributed by atoms with Gasteiger partial charge in [0.25, 0.3) is 5.91 Å². The molecule has 0 spiro atoms. The zero-order valence-corrected chi connectivity index (χ0v) is 34.9. The number of ketones is 1. The quantitative estimate of drug-likeness (QED) is 0.0281. The summed E-state index contributed by atoms with van der Waals surface area (Å²) in [5.41, 5.74) is 2.65. The van der Waals surface area contributed by atoms with E-state index in [0.717, 1.165) is 66.0 Å². The van der Waals surface area contributed by atoms with Crippen molar-refractivity contribution in [3.8, 4) is 11.3 Å². The number of nitrogens with zero attached hydrogens (tertiary/aromatic N) is 1. The summed E-state index contributed by atoms with van der Waals surface area (Å²) in [6, 6.07) is 19.8. The number of benzene rings is 3. The van der Waals surface area contributed by atoms with Crippen LogP contribution >= 0.6 is 11.8 Å². The molecule has 0 radical (unpaired) electrons. The second-order valence-corrected chi connectivity index (χ2v) is 16.8. The number of carbonyl (C=O) groups is 5. The molecule has 0 aliphatic rings. The van der Waals surface area contributed by atoms with Crippen molar-refractivity contribution in [1.29, 1.82) is 0 Å². The van der Waals surface area contributed by atoms with Crippen LogP contribution < -0.4 is 10.6 Å². The lowest BCUT2D eigenvalue weighted by atomic mass is 9.81. The number of carboxylic acids is 2. The van der Waals surface area contributed by atoms with Gasteiger partial charge < -0.3 is 25.4 Å². The number of hydrogen-bond acceptors (Lipinski definition) is 6. The Kier molecular flexibility index (Phi) is 16.3. The standard InChI is InChI=1S/C46H57N3O7S/c1-7-8-9-10-11-12-13-14-15-19-25-47-42(51)32-23-20-24-36(29-32)57-41(43(52)48-35-27-33(44(53)54)26-34(28-35)45(55)56)40(50)37-30(2)49(6)39(38(37)46(3,4)5)31-21-17-16-18-22-31/h16-18,20-24,26-29,41H,7-15,19,25H2,1-6H3,(H,47,51)(H,48,52)(H,53,54)(H,55,56). The van der Waals surface area contributed by atoms with Gasteiger partial charge in [0.05, 0.1) is 16.8 Å². The van der Waals surface area contributed by atoms with Crippen molar-refractivity contribution >= 4 is 47.0 Å². The van der Waals surface area contributed by atoms with E-state index in [0.29, 0.717) is 28.3 Å². The van der Waals surface area contributed by atoms with E-state index < -0.39 is 34.3 Å². The number of rotatable bonds is 21. The molecular formula is C46H57N3O7S. The van der Waals surface area contributed by atoms with Crippen LogP contribution in [-0.4, -0.2) is 56.1 Å². The van der Waals surface area contributed by atoms with Crippen molar-refractivity contribution in [2.24, 2.45) is 7.05 Å². The van der Waals surface area contributed by atoms with Crippen LogP contribution in [0.1, 0.15) is 145 Å². The average Bonchev–Trinajstić information content (AvgIpc) is 3.45. The molecule has 0 aliphatic heterocycles. The number of carbonyl (C=O) groups excluding carboxylic acids is 3. The topological polar surface area (TPSA) is 155 Å². The number of thioether (sulfide) groups is 1. The predicted molar refractivity (Wildman–Crippen MR) is 228 cm³/mol. The zero-order valence-electron chi connectivity index (χ0n) is 34.1. The van der Waals surface area contributed by atoms with Crippen LogP contribution in [-0.2, 0) is 17.3 Å². The normalized spacial score (nSPS) is 11.9. The molecule has 11 heteroatoms. The molecule has 1 unspecified atom stereocenters. The Bertz CT molecular complexity index is 2020. The number of nitrogens with one attached hydrogen (secondary N) is 2. The van der Waals surface area contributed by atoms with Gasteiger partial charge in [0.15, 0.2) is 11.0 Å². The fourth-order valence-electron chi connectivity index (χ4n) is 7.04. The molecule has 57 heavy (non-hydrogen) atoms. The summed E-state index contributed by atoms with van der Waals surface area (Å²) in [6.07, 6.45) is 11.9. The number of anilines is 1. The highest BCUT2D eigenvalue weighted by molar-refractivity contribution is 8.01. The molecule has 4 rings (SSSR count). The first-order valence-corrected chi connectivity index (χ1v) is 20.8. The third-order valence-corrected chi connectivity index (χ3v) is 11.3. The molecule has 4 aromatic rings. The van der Waals surface area contributed by atoms with Crippen LogP contribution in [0.5, 0.6) is 0 Å². The number of aromatic nitrogens is 1. The van der Waals surface area contributed by atoms with Gasteiger partial charge in [-0.05, 0) is 66.3 Å². The number of carboxylic acid groups (broad SMARTS) is 2. The van der Waals surface area contributed by atoms with Crippen LogP contribution in [0.3, 0.4) is 0 Å². The Labute approximate surface area is 340 Å². The van der Waals surface area contributed by atoms with Crippen LogP contribution in [0.25, 0.3) is 11.3 Å². The van der Waals surface area contributed by atoms with Gasteiger partial charge >= 0.3 is 11.9 Å². The summed E-state index contributed by atoms with van der Waals surface area (Å²) in [6.45, 7) is 10.6. The van der Waals surface area contributed by atoms with Gasteiger partial charge in [-0.25, -0.2) is 9.59 Å². The predicted octanol–water partition coefficient (Wildman–Crippen LogP) is 10.3.